The summed E-state index contributed by atoms with van der Waals surface area (Å²) >= 11 is 3.53. The van der Waals surface area contributed by atoms with E-state index in [1.807, 2.05) is 47.4 Å². The van der Waals surface area contributed by atoms with Crippen molar-refractivity contribution in [2.75, 3.05) is 11.9 Å². The Balaban J connectivity index is 0.00000280. The lowest BCUT2D eigenvalue weighted by Gasteiger charge is -2.27. The van der Waals surface area contributed by atoms with Crippen molar-refractivity contribution in [3.8, 4) is 0 Å². The van der Waals surface area contributed by atoms with E-state index in [0.717, 1.165) is 27.7 Å². The zero-order valence-electron chi connectivity index (χ0n) is 15.7. The Morgan fingerprint density at radius 2 is 2.00 bits per heavy atom. The van der Waals surface area contributed by atoms with Gasteiger partial charge in [-0.2, -0.15) is 0 Å². The van der Waals surface area contributed by atoms with Crippen LogP contribution in [0.25, 0.3) is 0 Å². The van der Waals surface area contributed by atoms with Gasteiger partial charge in [0, 0.05) is 16.1 Å². The van der Waals surface area contributed by atoms with Gasteiger partial charge in [-0.15, -0.1) is 12.4 Å². The molecule has 0 spiro atoms. The first-order valence-electron chi connectivity index (χ1n) is 9.10. The largest absolute Gasteiger partial charge is 0.368 e. The van der Waals surface area contributed by atoms with Crippen molar-refractivity contribution in [1.82, 2.24) is 5.32 Å². The molecule has 0 bridgehead atoms. The van der Waals surface area contributed by atoms with Gasteiger partial charge in [-0.25, -0.2) is 0 Å². The Labute approximate surface area is 180 Å². The smallest absolute Gasteiger partial charge is 0.234 e. The Hall–Kier alpha value is -1.89. The van der Waals surface area contributed by atoms with E-state index in [1.165, 1.54) is 0 Å². The first-order chi connectivity index (χ1) is 13.0. The molecule has 2 aromatic carbocycles. The van der Waals surface area contributed by atoms with Crippen LogP contribution in [0.15, 0.2) is 53.0 Å². The van der Waals surface area contributed by atoms with Gasteiger partial charge in [-0.05, 0) is 49.6 Å². The van der Waals surface area contributed by atoms with Crippen molar-refractivity contribution in [3.63, 3.8) is 0 Å². The number of nitrogens with zero attached hydrogens (tertiary/aromatic N) is 1. The van der Waals surface area contributed by atoms with Crippen LogP contribution in [0, 0.1) is 5.92 Å². The number of nitrogens with one attached hydrogen (secondary N) is 1. The van der Waals surface area contributed by atoms with E-state index in [4.69, 9.17) is 5.73 Å². The first-order valence-corrected chi connectivity index (χ1v) is 9.89. The summed E-state index contributed by atoms with van der Waals surface area (Å²) in [5.41, 5.74) is 8.62. The van der Waals surface area contributed by atoms with E-state index in [0.29, 0.717) is 19.4 Å². The zero-order chi connectivity index (χ0) is 19.4. The minimum Gasteiger partial charge on any atom is -0.368 e. The average molecular weight is 467 g/mol. The van der Waals surface area contributed by atoms with Crippen LogP contribution in [0.4, 0.5) is 5.69 Å². The summed E-state index contributed by atoms with van der Waals surface area (Å²) in [6.45, 7) is 0.500. The topological polar surface area (TPSA) is 75.4 Å². The fraction of sp³-hybridized carbons (Fsp3) is 0.333. The summed E-state index contributed by atoms with van der Waals surface area (Å²) in [7, 11) is 1.70. The molecule has 150 valence electrons. The van der Waals surface area contributed by atoms with Crippen LogP contribution in [0.5, 0.6) is 0 Å². The van der Waals surface area contributed by atoms with Crippen LogP contribution in [0.2, 0.25) is 0 Å². The van der Waals surface area contributed by atoms with Crippen LogP contribution < -0.4 is 16.0 Å². The standard InChI is InChI=1S/C21H24BrN3O2.ClH/c1-24-18(20(23)26)11-16-8-7-15-9-10-17(22)12-19(15)25(21(16)27)13-14-5-3-2-4-6-14;/h2-6,9-10,12,16,18,24H,7-8,11,13H2,1H3,(H2,23,26);1H/t16?,18-;/m0./s1. The number of fused-ring (bicyclic) bond motifs is 1. The zero-order valence-corrected chi connectivity index (χ0v) is 18.1. The molecule has 0 fully saturated rings. The van der Waals surface area contributed by atoms with Gasteiger partial charge in [0.2, 0.25) is 11.8 Å². The van der Waals surface area contributed by atoms with E-state index in [1.54, 1.807) is 7.05 Å². The fourth-order valence-electron chi connectivity index (χ4n) is 3.60. The molecule has 7 heteroatoms. The van der Waals surface area contributed by atoms with Crippen LogP contribution in [-0.2, 0) is 22.6 Å². The van der Waals surface area contributed by atoms with Crippen LogP contribution in [-0.4, -0.2) is 24.9 Å². The van der Waals surface area contributed by atoms with Crippen molar-refractivity contribution < 1.29 is 9.59 Å². The molecule has 2 atom stereocenters. The molecule has 1 aliphatic rings. The van der Waals surface area contributed by atoms with E-state index >= 15 is 0 Å². The minimum atomic E-state index is -0.509. The van der Waals surface area contributed by atoms with Gasteiger partial charge in [-0.1, -0.05) is 52.3 Å². The number of carbonyl (C=O) groups excluding carboxylic acids is 2. The molecule has 3 N–H and O–H groups in total. The number of anilines is 1. The summed E-state index contributed by atoms with van der Waals surface area (Å²) in [5, 5.41) is 2.93. The molecule has 1 heterocycles. The van der Waals surface area contributed by atoms with Crippen molar-refractivity contribution in [2.24, 2.45) is 11.7 Å². The number of carbonyl (C=O) groups is 2. The van der Waals surface area contributed by atoms with Crippen molar-refractivity contribution in [1.29, 1.82) is 0 Å². The quantitative estimate of drug-likeness (QED) is 0.685. The lowest BCUT2D eigenvalue weighted by molar-refractivity contribution is -0.124. The highest BCUT2D eigenvalue weighted by Gasteiger charge is 2.33. The molecular weight excluding hydrogens is 442 g/mol. The molecule has 1 aliphatic heterocycles. The lowest BCUT2D eigenvalue weighted by atomic mass is 9.93. The second-order valence-corrected chi connectivity index (χ2v) is 7.81. The number of benzene rings is 2. The number of nitrogens with two attached hydrogens (primary N) is 1. The Morgan fingerprint density at radius 3 is 2.64 bits per heavy atom. The Morgan fingerprint density at radius 1 is 1.29 bits per heavy atom. The number of aryl methyl sites for hydroxylation is 1. The summed E-state index contributed by atoms with van der Waals surface area (Å²) in [4.78, 5) is 26.9. The third kappa shape index (κ3) is 5.13. The number of likely N-dealkylation sites (N-methyl/N-ethyl adjacent to an activating group) is 1. The number of halogens is 2. The average Bonchev–Trinajstić information content (AvgIpc) is 2.78. The number of hydrogen-bond acceptors (Lipinski definition) is 3. The predicted octanol–water partition coefficient (Wildman–Crippen LogP) is 3.43. The molecule has 2 amide bonds. The van der Waals surface area contributed by atoms with E-state index in [-0.39, 0.29) is 24.2 Å². The number of amides is 2. The predicted molar refractivity (Wildman–Crippen MR) is 117 cm³/mol. The molecule has 1 unspecified atom stereocenters. The van der Waals surface area contributed by atoms with Crippen LogP contribution >= 0.6 is 28.3 Å². The van der Waals surface area contributed by atoms with Gasteiger partial charge < -0.3 is 16.0 Å². The van der Waals surface area contributed by atoms with Crippen molar-refractivity contribution >= 4 is 45.8 Å². The van der Waals surface area contributed by atoms with Gasteiger partial charge in [0.25, 0.3) is 0 Å². The van der Waals surface area contributed by atoms with Gasteiger partial charge >= 0.3 is 0 Å². The monoisotopic (exact) mass is 465 g/mol. The second-order valence-electron chi connectivity index (χ2n) is 6.90. The molecule has 0 aliphatic carbocycles. The molecule has 2 aromatic rings. The molecule has 0 saturated carbocycles. The third-order valence-corrected chi connectivity index (χ3v) is 5.60. The maximum atomic E-state index is 13.4. The number of rotatable bonds is 6. The molecule has 3 rings (SSSR count). The van der Waals surface area contributed by atoms with Gasteiger partial charge in [0.15, 0.2) is 0 Å². The van der Waals surface area contributed by atoms with Gasteiger partial charge in [0.1, 0.15) is 0 Å². The van der Waals surface area contributed by atoms with Gasteiger partial charge in [0.05, 0.1) is 12.6 Å². The first kappa shape index (κ1) is 22.4. The number of primary amides is 1. The van der Waals surface area contributed by atoms with E-state index in [9.17, 15) is 9.59 Å². The maximum absolute atomic E-state index is 13.4. The normalized spacial score (nSPS) is 17.3. The SMILES string of the molecule is CN[C@@H](CC1CCc2ccc(Br)cc2N(Cc2ccccc2)C1=O)C(N)=O.Cl. The van der Waals surface area contributed by atoms with E-state index in [2.05, 4.69) is 27.3 Å². The van der Waals surface area contributed by atoms with Crippen molar-refractivity contribution in [3.05, 3.63) is 64.1 Å². The minimum absolute atomic E-state index is 0. The molecule has 28 heavy (non-hydrogen) atoms. The number of hydrogen-bond donors (Lipinski definition) is 2. The van der Waals surface area contributed by atoms with Crippen LogP contribution in [0.3, 0.4) is 0 Å². The molecule has 0 aromatic heterocycles. The van der Waals surface area contributed by atoms with Crippen LogP contribution in [0.1, 0.15) is 24.0 Å². The molecule has 0 saturated heterocycles. The lowest BCUT2D eigenvalue weighted by Crippen LogP contribution is -2.44. The maximum Gasteiger partial charge on any atom is 0.234 e. The molecule has 0 radical (unpaired) electrons. The van der Waals surface area contributed by atoms with E-state index < -0.39 is 11.9 Å². The highest BCUT2D eigenvalue weighted by atomic mass is 79.9. The highest BCUT2D eigenvalue weighted by molar-refractivity contribution is 9.10. The highest BCUT2D eigenvalue weighted by Crippen LogP contribution is 2.34. The summed E-state index contributed by atoms with van der Waals surface area (Å²) in [6.07, 6.45) is 1.90. The summed E-state index contributed by atoms with van der Waals surface area (Å²) in [5.74, 6) is -0.647. The Kier molecular flexibility index (Phi) is 8.04. The molecular formula is C21H25BrClN3O2. The summed E-state index contributed by atoms with van der Waals surface area (Å²) in [6, 6.07) is 15.5. The van der Waals surface area contributed by atoms with Crippen molar-refractivity contribution in [2.45, 2.75) is 31.8 Å². The fourth-order valence-corrected chi connectivity index (χ4v) is 3.95. The second kappa shape index (κ2) is 10.0. The Bertz CT molecular complexity index is 832. The summed E-state index contributed by atoms with van der Waals surface area (Å²) < 4.78 is 0.941. The molecule has 5 nitrogen and oxygen atoms in total. The van der Waals surface area contributed by atoms with Gasteiger partial charge in [-0.3, -0.25) is 9.59 Å². The third-order valence-electron chi connectivity index (χ3n) is 5.11.